The van der Waals surface area contributed by atoms with E-state index in [0.717, 1.165) is 0 Å². The maximum Gasteiger partial charge on any atom is 0.252 e. The molecule has 5 nitrogen and oxygen atoms in total. The fourth-order valence-corrected chi connectivity index (χ4v) is 0.951. The molecule has 0 saturated carbocycles. The molecule has 0 saturated heterocycles. The van der Waals surface area contributed by atoms with Gasteiger partial charge in [0.15, 0.2) is 0 Å². The Kier molecular flexibility index (Phi) is 3.45. The molecule has 0 atom stereocenters. The van der Waals surface area contributed by atoms with Crippen LogP contribution < -0.4 is 10.9 Å². The van der Waals surface area contributed by atoms with Crippen LogP contribution in [0.1, 0.15) is 5.82 Å². The summed E-state index contributed by atoms with van der Waals surface area (Å²) in [6.45, 7) is 2.98. The Balaban J connectivity index is 2.61. The van der Waals surface area contributed by atoms with Crippen molar-refractivity contribution in [1.82, 2.24) is 9.97 Å². The Morgan fingerprint density at radius 1 is 1.69 bits per heavy atom. The molecule has 0 aliphatic carbocycles. The third-order valence-corrected chi connectivity index (χ3v) is 1.47. The summed E-state index contributed by atoms with van der Waals surface area (Å²) >= 11 is 0. The lowest BCUT2D eigenvalue weighted by Crippen LogP contribution is -2.14. The molecule has 1 aromatic heterocycles. The average molecular weight is 183 g/mol. The van der Waals surface area contributed by atoms with Crippen LogP contribution in [0.25, 0.3) is 0 Å². The number of aromatic nitrogens is 2. The normalized spacial score (nSPS) is 10.0. The van der Waals surface area contributed by atoms with Gasteiger partial charge in [0.25, 0.3) is 5.56 Å². The summed E-state index contributed by atoms with van der Waals surface area (Å²) in [5, 5.41) is 2.97. The minimum absolute atomic E-state index is 0.146. The van der Waals surface area contributed by atoms with Gasteiger partial charge in [0, 0.05) is 19.7 Å². The number of aryl methyl sites for hydroxylation is 1. The van der Waals surface area contributed by atoms with Crippen molar-refractivity contribution in [2.45, 2.75) is 6.92 Å². The minimum atomic E-state index is -0.146. The standard InChI is InChI=1S/C8H13N3O2/c1-6-10-7(5-8(12)11-6)9-3-4-13-2/h5H,3-4H2,1-2H3,(H2,9,10,11,12). The average Bonchev–Trinajstić information content (AvgIpc) is 2.03. The smallest absolute Gasteiger partial charge is 0.252 e. The highest BCUT2D eigenvalue weighted by Gasteiger charge is 1.95. The van der Waals surface area contributed by atoms with E-state index in [0.29, 0.717) is 24.8 Å². The van der Waals surface area contributed by atoms with E-state index >= 15 is 0 Å². The second-order valence-electron chi connectivity index (χ2n) is 2.64. The van der Waals surface area contributed by atoms with Crippen LogP contribution in [-0.4, -0.2) is 30.2 Å². The zero-order valence-electron chi connectivity index (χ0n) is 7.76. The summed E-state index contributed by atoms with van der Waals surface area (Å²) in [4.78, 5) is 17.6. The van der Waals surface area contributed by atoms with Gasteiger partial charge in [-0.3, -0.25) is 4.79 Å². The van der Waals surface area contributed by atoms with Crippen molar-refractivity contribution in [3.63, 3.8) is 0 Å². The van der Waals surface area contributed by atoms with Gasteiger partial charge in [-0.2, -0.15) is 0 Å². The monoisotopic (exact) mass is 183 g/mol. The van der Waals surface area contributed by atoms with E-state index in [2.05, 4.69) is 15.3 Å². The molecule has 0 bridgehead atoms. The lowest BCUT2D eigenvalue weighted by Gasteiger charge is -2.04. The molecule has 1 heterocycles. The first-order valence-corrected chi connectivity index (χ1v) is 4.03. The molecule has 0 aliphatic rings. The van der Waals surface area contributed by atoms with Crippen molar-refractivity contribution in [2.75, 3.05) is 25.6 Å². The molecule has 2 N–H and O–H groups in total. The van der Waals surface area contributed by atoms with Crippen LogP contribution in [0.2, 0.25) is 0 Å². The third kappa shape index (κ3) is 3.25. The summed E-state index contributed by atoms with van der Waals surface area (Å²) in [7, 11) is 1.62. The molecule has 0 spiro atoms. The van der Waals surface area contributed by atoms with Crippen molar-refractivity contribution in [3.8, 4) is 0 Å². The molecule has 1 rings (SSSR count). The molecule has 0 radical (unpaired) electrons. The van der Waals surface area contributed by atoms with E-state index in [9.17, 15) is 4.79 Å². The highest BCUT2D eigenvalue weighted by atomic mass is 16.5. The number of nitrogens with zero attached hydrogens (tertiary/aromatic N) is 1. The van der Waals surface area contributed by atoms with Gasteiger partial charge >= 0.3 is 0 Å². The number of nitrogens with one attached hydrogen (secondary N) is 2. The molecule has 1 aromatic rings. The summed E-state index contributed by atoms with van der Waals surface area (Å²) in [6.07, 6.45) is 0. The Hall–Kier alpha value is -1.36. The Bertz CT molecular complexity index is 321. The van der Waals surface area contributed by atoms with E-state index < -0.39 is 0 Å². The van der Waals surface area contributed by atoms with Crippen LogP contribution in [0.5, 0.6) is 0 Å². The van der Waals surface area contributed by atoms with Gasteiger partial charge in [0.05, 0.1) is 6.61 Å². The van der Waals surface area contributed by atoms with Crippen molar-refractivity contribution in [3.05, 3.63) is 22.2 Å². The number of ether oxygens (including phenoxy) is 1. The third-order valence-electron chi connectivity index (χ3n) is 1.47. The van der Waals surface area contributed by atoms with Crippen molar-refractivity contribution >= 4 is 5.82 Å². The van der Waals surface area contributed by atoms with E-state index in [1.54, 1.807) is 14.0 Å². The van der Waals surface area contributed by atoms with Gasteiger partial charge in [-0.05, 0) is 6.92 Å². The fraction of sp³-hybridized carbons (Fsp3) is 0.500. The Labute approximate surface area is 76.2 Å². The molecular weight excluding hydrogens is 170 g/mol. The van der Waals surface area contributed by atoms with Gasteiger partial charge in [0.2, 0.25) is 0 Å². The van der Waals surface area contributed by atoms with Crippen LogP contribution >= 0.6 is 0 Å². The minimum Gasteiger partial charge on any atom is -0.383 e. The Morgan fingerprint density at radius 3 is 3.08 bits per heavy atom. The SMILES string of the molecule is COCCNc1cc(=O)[nH]c(C)n1. The number of hydrogen-bond donors (Lipinski definition) is 2. The number of hydrogen-bond acceptors (Lipinski definition) is 4. The van der Waals surface area contributed by atoms with Crippen LogP contribution in [0.15, 0.2) is 10.9 Å². The topological polar surface area (TPSA) is 67.0 Å². The van der Waals surface area contributed by atoms with E-state index in [1.165, 1.54) is 6.07 Å². The predicted molar refractivity (Wildman–Crippen MR) is 50.0 cm³/mol. The lowest BCUT2D eigenvalue weighted by molar-refractivity contribution is 0.210. The lowest BCUT2D eigenvalue weighted by atomic mass is 10.5. The molecule has 72 valence electrons. The molecule has 0 amide bonds. The van der Waals surface area contributed by atoms with Gasteiger partial charge in [-0.15, -0.1) is 0 Å². The molecule has 0 aliphatic heterocycles. The van der Waals surface area contributed by atoms with Crippen molar-refractivity contribution < 1.29 is 4.74 Å². The van der Waals surface area contributed by atoms with Crippen LogP contribution in [0.4, 0.5) is 5.82 Å². The molecule has 13 heavy (non-hydrogen) atoms. The van der Waals surface area contributed by atoms with E-state index in [1.807, 2.05) is 0 Å². The number of rotatable bonds is 4. The summed E-state index contributed by atoms with van der Waals surface area (Å²) < 4.78 is 4.85. The van der Waals surface area contributed by atoms with Gasteiger partial charge in [-0.25, -0.2) is 4.98 Å². The van der Waals surface area contributed by atoms with Gasteiger partial charge in [-0.1, -0.05) is 0 Å². The Morgan fingerprint density at radius 2 is 2.46 bits per heavy atom. The summed E-state index contributed by atoms with van der Waals surface area (Å²) in [5.74, 6) is 1.19. The number of methoxy groups -OCH3 is 1. The molecule has 5 heteroatoms. The van der Waals surface area contributed by atoms with E-state index in [4.69, 9.17) is 4.74 Å². The van der Waals surface area contributed by atoms with Gasteiger partial charge in [0.1, 0.15) is 11.6 Å². The quantitative estimate of drug-likeness (QED) is 0.651. The van der Waals surface area contributed by atoms with Crippen molar-refractivity contribution in [2.24, 2.45) is 0 Å². The highest BCUT2D eigenvalue weighted by Crippen LogP contribution is 1.96. The fourth-order valence-electron chi connectivity index (χ4n) is 0.951. The zero-order valence-corrected chi connectivity index (χ0v) is 7.76. The first kappa shape index (κ1) is 9.73. The van der Waals surface area contributed by atoms with Crippen molar-refractivity contribution in [1.29, 1.82) is 0 Å². The van der Waals surface area contributed by atoms with Crippen LogP contribution in [-0.2, 0) is 4.74 Å². The molecular formula is C8H13N3O2. The molecule has 0 aromatic carbocycles. The summed E-state index contributed by atoms with van der Waals surface area (Å²) in [6, 6.07) is 1.42. The highest BCUT2D eigenvalue weighted by molar-refractivity contribution is 5.32. The number of H-pyrrole nitrogens is 1. The second-order valence-corrected chi connectivity index (χ2v) is 2.64. The first-order chi connectivity index (χ1) is 6.22. The maximum atomic E-state index is 11.0. The number of aromatic amines is 1. The second kappa shape index (κ2) is 4.61. The van der Waals surface area contributed by atoms with E-state index in [-0.39, 0.29) is 5.56 Å². The summed E-state index contributed by atoms with van der Waals surface area (Å²) in [5.41, 5.74) is -0.146. The number of anilines is 1. The van der Waals surface area contributed by atoms with Crippen LogP contribution in [0.3, 0.4) is 0 Å². The van der Waals surface area contributed by atoms with Crippen LogP contribution in [0, 0.1) is 6.92 Å². The predicted octanol–water partition coefficient (Wildman–Crippen LogP) is 0.137. The zero-order chi connectivity index (χ0) is 9.68. The first-order valence-electron chi connectivity index (χ1n) is 4.03. The van der Waals surface area contributed by atoms with Gasteiger partial charge < -0.3 is 15.0 Å². The molecule has 0 unspecified atom stereocenters. The maximum absolute atomic E-state index is 11.0. The molecule has 0 fully saturated rings. The largest absolute Gasteiger partial charge is 0.383 e.